The van der Waals surface area contributed by atoms with Gasteiger partial charge in [-0.05, 0) is 77.4 Å². The van der Waals surface area contributed by atoms with Gasteiger partial charge in [0.1, 0.15) is 6.61 Å². The third-order valence-electron chi connectivity index (χ3n) is 4.35. The van der Waals surface area contributed by atoms with E-state index in [9.17, 15) is 0 Å². The van der Waals surface area contributed by atoms with Gasteiger partial charge in [-0.15, -0.1) is 0 Å². The molecule has 0 N–H and O–H groups in total. The van der Waals surface area contributed by atoms with E-state index in [1.165, 1.54) is 5.56 Å². The Labute approximate surface area is 184 Å². The Morgan fingerprint density at radius 3 is 2.54 bits per heavy atom. The van der Waals surface area contributed by atoms with Crippen LogP contribution in [0.1, 0.15) is 22.3 Å². The summed E-state index contributed by atoms with van der Waals surface area (Å²) in [4.78, 5) is 4.58. The third kappa shape index (κ3) is 5.06. The third-order valence-corrected chi connectivity index (χ3v) is 5.56. The fourth-order valence-corrected chi connectivity index (χ4v) is 3.62. The van der Waals surface area contributed by atoms with Crippen LogP contribution in [0.4, 0.5) is 5.69 Å². The minimum atomic E-state index is 0.488. The van der Waals surface area contributed by atoms with Gasteiger partial charge in [-0.3, -0.25) is 4.99 Å². The summed E-state index contributed by atoms with van der Waals surface area (Å²) in [5.74, 6) is 1.42. The Morgan fingerprint density at radius 1 is 1.07 bits per heavy atom. The minimum Gasteiger partial charge on any atom is -0.493 e. The normalized spacial score (nSPS) is 11.0. The van der Waals surface area contributed by atoms with Crippen molar-refractivity contribution in [3.63, 3.8) is 0 Å². The van der Waals surface area contributed by atoms with Crippen LogP contribution in [0.2, 0.25) is 5.02 Å². The highest BCUT2D eigenvalue weighted by Crippen LogP contribution is 2.34. The number of nitrogens with zero attached hydrogens (tertiary/aromatic N) is 1. The molecule has 0 atom stereocenters. The highest BCUT2D eigenvalue weighted by Gasteiger charge is 2.12. The average Bonchev–Trinajstić information content (AvgIpc) is 2.69. The Balaban J connectivity index is 1.81. The summed E-state index contributed by atoms with van der Waals surface area (Å²) in [6.07, 6.45) is 1.81. The topological polar surface area (TPSA) is 30.8 Å². The molecule has 0 bridgehead atoms. The van der Waals surface area contributed by atoms with Crippen molar-refractivity contribution in [3.8, 4) is 11.5 Å². The molecule has 0 aliphatic heterocycles. The molecule has 5 heteroatoms. The molecule has 3 aromatic carbocycles. The molecule has 0 unspecified atom stereocenters. The summed E-state index contributed by atoms with van der Waals surface area (Å²) in [7, 11) is 1.65. The Morgan fingerprint density at radius 2 is 1.82 bits per heavy atom. The van der Waals surface area contributed by atoms with Crippen LogP contribution in [-0.4, -0.2) is 13.3 Å². The van der Waals surface area contributed by atoms with Gasteiger partial charge in [0.25, 0.3) is 0 Å². The van der Waals surface area contributed by atoms with E-state index in [1.807, 2.05) is 43.5 Å². The first-order valence-corrected chi connectivity index (χ1v) is 10.3. The second-order valence-electron chi connectivity index (χ2n) is 6.45. The second-order valence-corrected chi connectivity index (χ2v) is 8.02. The fraction of sp³-hybridized carbons (Fsp3) is 0.174. The number of aliphatic imine (C=N–C) groups is 1. The molecule has 3 aromatic rings. The standard InChI is InChI=1S/C23H21ClINO2/c1-15-7-9-17(10-8-15)14-28-23-20(25)11-18(12-22(23)27-3)13-26-21-6-4-5-19(24)16(21)2/h4-13H,14H2,1-3H3. The number of halogens is 2. The van der Waals surface area contributed by atoms with Crippen LogP contribution in [0.5, 0.6) is 11.5 Å². The molecule has 144 valence electrons. The van der Waals surface area contributed by atoms with Gasteiger partial charge in [-0.25, -0.2) is 0 Å². The SMILES string of the molecule is COc1cc(C=Nc2cccc(Cl)c2C)cc(I)c1OCc1ccc(C)cc1. The van der Waals surface area contributed by atoms with Gasteiger partial charge in [-0.2, -0.15) is 0 Å². The molecule has 3 nitrogen and oxygen atoms in total. The van der Waals surface area contributed by atoms with Crippen LogP contribution in [0, 0.1) is 17.4 Å². The number of ether oxygens (including phenoxy) is 2. The van der Waals surface area contributed by atoms with Crippen molar-refractivity contribution >= 4 is 46.1 Å². The first-order chi connectivity index (χ1) is 13.5. The van der Waals surface area contributed by atoms with Gasteiger partial charge >= 0.3 is 0 Å². The van der Waals surface area contributed by atoms with Crippen molar-refractivity contribution in [1.29, 1.82) is 0 Å². The average molecular weight is 506 g/mol. The first-order valence-electron chi connectivity index (χ1n) is 8.83. The van der Waals surface area contributed by atoms with E-state index in [-0.39, 0.29) is 0 Å². The van der Waals surface area contributed by atoms with Crippen LogP contribution in [0.15, 0.2) is 59.6 Å². The quantitative estimate of drug-likeness (QED) is 0.269. The van der Waals surface area contributed by atoms with Gasteiger partial charge in [0.15, 0.2) is 11.5 Å². The number of methoxy groups -OCH3 is 1. The largest absolute Gasteiger partial charge is 0.493 e. The van der Waals surface area contributed by atoms with Crippen LogP contribution >= 0.6 is 34.2 Å². The molecule has 0 heterocycles. The Bertz CT molecular complexity index is 1000. The van der Waals surface area contributed by atoms with E-state index >= 15 is 0 Å². The number of rotatable bonds is 6. The number of aryl methyl sites for hydroxylation is 1. The predicted molar refractivity (Wildman–Crippen MR) is 125 cm³/mol. The summed E-state index contributed by atoms with van der Waals surface area (Å²) in [6, 6.07) is 18.0. The van der Waals surface area contributed by atoms with Crippen molar-refractivity contribution in [2.45, 2.75) is 20.5 Å². The summed E-state index contributed by atoms with van der Waals surface area (Å²) < 4.78 is 12.6. The van der Waals surface area contributed by atoms with Crippen molar-refractivity contribution in [3.05, 3.63) is 85.4 Å². The monoisotopic (exact) mass is 505 g/mol. The zero-order valence-corrected chi connectivity index (χ0v) is 18.9. The van der Waals surface area contributed by atoms with Crippen LogP contribution in [0.25, 0.3) is 0 Å². The molecule has 0 aromatic heterocycles. The number of hydrogen-bond donors (Lipinski definition) is 0. The van der Waals surface area contributed by atoms with Crippen LogP contribution in [0.3, 0.4) is 0 Å². The molecule has 28 heavy (non-hydrogen) atoms. The first kappa shape index (κ1) is 20.7. The minimum absolute atomic E-state index is 0.488. The van der Waals surface area contributed by atoms with Crippen LogP contribution < -0.4 is 9.47 Å². The van der Waals surface area contributed by atoms with Crippen molar-refractivity contribution in [2.24, 2.45) is 4.99 Å². The summed E-state index contributed by atoms with van der Waals surface area (Å²) in [5.41, 5.74) is 5.09. The molecule has 0 radical (unpaired) electrons. The molecule has 0 aliphatic carbocycles. The summed E-state index contributed by atoms with van der Waals surface area (Å²) in [6.45, 7) is 4.52. The van der Waals surface area contributed by atoms with E-state index in [0.717, 1.165) is 31.7 Å². The van der Waals surface area contributed by atoms with Gasteiger partial charge in [0.2, 0.25) is 0 Å². The van der Waals surface area contributed by atoms with Gasteiger partial charge in [-0.1, -0.05) is 47.5 Å². The lowest BCUT2D eigenvalue weighted by Crippen LogP contribution is -2.01. The maximum absolute atomic E-state index is 6.17. The molecule has 0 fully saturated rings. The van der Waals surface area contributed by atoms with E-state index in [0.29, 0.717) is 17.4 Å². The fourth-order valence-electron chi connectivity index (χ4n) is 2.67. The van der Waals surface area contributed by atoms with Crippen molar-refractivity contribution in [2.75, 3.05) is 7.11 Å². The van der Waals surface area contributed by atoms with E-state index < -0.39 is 0 Å². The lowest BCUT2D eigenvalue weighted by Gasteiger charge is -2.14. The number of hydrogen-bond acceptors (Lipinski definition) is 3. The zero-order valence-electron chi connectivity index (χ0n) is 16.0. The maximum Gasteiger partial charge on any atom is 0.174 e. The van der Waals surface area contributed by atoms with Gasteiger partial charge in [0, 0.05) is 11.2 Å². The van der Waals surface area contributed by atoms with Gasteiger partial charge in [0.05, 0.1) is 16.4 Å². The smallest absolute Gasteiger partial charge is 0.174 e. The van der Waals surface area contributed by atoms with Gasteiger partial charge < -0.3 is 9.47 Å². The zero-order chi connectivity index (χ0) is 20.1. The molecular weight excluding hydrogens is 485 g/mol. The lowest BCUT2D eigenvalue weighted by atomic mass is 10.1. The molecule has 0 aliphatic rings. The highest BCUT2D eigenvalue weighted by atomic mass is 127. The Kier molecular flexibility index (Phi) is 6.97. The summed E-state index contributed by atoms with van der Waals surface area (Å²) >= 11 is 8.43. The van der Waals surface area contributed by atoms with E-state index in [1.54, 1.807) is 7.11 Å². The van der Waals surface area contributed by atoms with E-state index in [2.05, 4.69) is 58.8 Å². The molecule has 0 amide bonds. The van der Waals surface area contributed by atoms with Crippen molar-refractivity contribution < 1.29 is 9.47 Å². The maximum atomic E-state index is 6.17. The molecule has 0 saturated carbocycles. The molecule has 3 rings (SSSR count). The molecule has 0 saturated heterocycles. The molecular formula is C23H21ClINO2. The van der Waals surface area contributed by atoms with E-state index in [4.69, 9.17) is 21.1 Å². The lowest BCUT2D eigenvalue weighted by molar-refractivity contribution is 0.282. The summed E-state index contributed by atoms with van der Waals surface area (Å²) in [5, 5.41) is 0.710. The van der Waals surface area contributed by atoms with Crippen LogP contribution in [-0.2, 0) is 6.61 Å². The van der Waals surface area contributed by atoms with Crippen molar-refractivity contribution in [1.82, 2.24) is 0 Å². The highest BCUT2D eigenvalue weighted by molar-refractivity contribution is 14.1. The number of benzene rings is 3. The molecule has 0 spiro atoms. The predicted octanol–water partition coefficient (Wildman–Crippen LogP) is 6.90. The second kappa shape index (κ2) is 9.43. The Hall–Kier alpha value is -2.05.